The van der Waals surface area contributed by atoms with E-state index < -0.39 is 0 Å². The van der Waals surface area contributed by atoms with Crippen LogP contribution in [0, 0.1) is 0 Å². The van der Waals surface area contributed by atoms with Crippen LogP contribution in [0.5, 0.6) is 5.75 Å². The van der Waals surface area contributed by atoms with Gasteiger partial charge in [0.25, 0.3) is 0 Å². The molecule has 5 nitrogen and oxygen atoms in total. The van der Waals surface area contributed by atoms with E-state index >= 15 is 0 Å². The number of ether oxygens (including phenoxy) is 1. The highest BCUT2D eigenvalue weighted by Crippen LogP contribution is 2.20. The van der Waals surface area contributed by atoms with Crippen molar-refractivity contribution < 1.29 is 4.74 Å². The molecule has 0 saturated carbocycles. The number of aromatic nitrogens is 3. The molecular weight excluding hydrogens is 228 g/mol. The van der Waals surface area contributed by atoms with Gasteiger partial charge in [0.2, 0.25) is 0 Å². The lowest BCUT2D eigenvalue weighted by Crippen LogP contribution is -2.04. The summed E-state index contributed by atoms with van der Waals surface area (Å²) >= 11 is 0. The Morgan fingerprint density at radius 1 is 1.33 bits per heavy atom. The number of nitrogens with zero attached hydrogens (tertiary/aromatic N) is 3. The first kappa shape index (κ1) is 12.6. The van der Waals surface area contributed by atoms with E-state index in [9.17, 15) is 0 Å². The van der Waals surface area contributed by atoms with E-state index in [1.54, 1.807) is 11.8 Å². The first-order chi connectivity index (χ1) is 8.74. The standard InChI is InChI=1S/C13H18N4O/c1-17-13(15-12(16-17)7-8-14)9-10-5-3-4-6-11(10)18-2/h3-6H,7-9,14H2,1-2H3. The number of nitrogens with two attached hydrogens (primary N) is 1. The summed E-state index contributed by atoms with van der Waals surface area (Å²) in [6.45, 7) is 0.568. The van der Waals surface area contributed by atoms with Gasteiger partial charge in [-0.1, -0.05) is 18.2 Å². The third kappa shape index (κ3) is 2.68. The van der Waals surface area contributed by atoms with Crippen LogP contribution in [-0.2, 0) is 19.9 Å². The van der Waals surface area contributed by atoms with Gasteiger partial charge in [0, 0.05) is 25.5 Å². The fraction of sp³-hybridized carbons (Fsp3) is 0.385. The molecular formula is C13H18N4O. The summed E-state index contributed by atoms with van der Waals surface area (Å²) in [5, 5.41) is 4.34. The molecule has 0 spiro atoms. The Hall–Kier alpha value is -1.88. The molecule has 0 aliphatic heterocycles. The zero-order valence-electron chi connectivity index (χ0n) is 10.8. The molecule has 1 aromatic heterocycles. The average molecular weight is 246 g/mol. The van der Waals surface area contributed by atoms with Crippen molar-refractivity contribution in [3.63, 3.8) is 0 Å². The van der Waals surface area contributed by atoms with Crippen LogP contribution in [0.15, 0.2) is 24.3 Å². The number of methoxy groups -OCH3 is 1. The van der Waals surface area contributed by atoms with Crippen molar-refractivity contribution in [1.29, 1.82) is 0 Å². The monoisotopic (exact) mass is 246 g/mol. The van der Waals surface area contributed by atoms with E-state index in [1.807, 2.05) is 31.3 Å². The number of benzene rings is 1. The van der Waals surface area contributed by atoms with Crippen molar-refractivity contribution in [2.45, 2.75) is 12.8 Å². The topological polar surface area (TPSA) is 66.0 Å². The zero-order valence-corrected chi connectivity index (χ0v) is 10.8. The zero-order chi connectivity index (χ0) is 13.0. The van der Waals surface area contributed by atoms with E-state index in [2.05, 4.69) is 10.1 Å². The minimum absolute atomic E-state index is 0.568. The first-order valence-corrected chi connectivity index (χ1v) is 5.95. The van der Waals surface area contributed by atoms with Crippen molar-refractivity contribution in [2.24, 2.45) is 12.8 Å². The largest absolute Gasteiger partial charge is 0.496 e. The van der Waals surface area contributed by atoms with Crippen LogP contribution < -0.4 is 10.5 Å². The third-order valence-electron chi connectivity index (χ3n) is 2.81. The molecule has 1 heterocycles. The minimum atomic E-state index is 0.568. The van der Waals surface area contributed by atoms with E-state index in [0.717, 1.165) is 23.0 Å². The number of hydrogen-bond donors (Lipinski definition) is 1. The van der Waals surface area contributed by atoms with Gasteiger partial charge >= 0.3 is 0 Å². The van der Waals surface area contributed by atoms with Crippen molar-refractivity contribution in [3.8, 4) is 5.75 Å². The summed E-state index contributed by atoms with van der Waals surface area (Å²) in [6.07, 6.45) is 1.41. The van der Waals surface area contributed by atoms with E-state index in [0.29, 0.717) is 19.4 Å². The quantitative estimate of drug-likeness (QED) is 0.851. The summed E-state index contributed by atoms with van der Waals surface area (Å²) in [7, 11) is 3.58. The van der Waals surface area contributed by atoms with Crippen molar-refractivity contribution in [1.82, 2.24) is 14.8 Å². The second-order valence-electron chi connectivity index (χ2n) is 4.10. The van der Waals surface area contributed by atoms with Gasteiger partial charge in [-0.25, -0.2) is 4.98 Å². The molecule has 1 aromatic carbocycles. The molecule has 18 heavy (non-hydrogen) atoms. The Kier molecular flexibility index (Phi) is 3.94. The molecule has 0 atom stereocenters. The third-order valence-corrected chi connectivity index (χ3v) is 2.81. The van der Waals surface area contributed by atoms with Gasteiger partial charge in [0.05, 0.1) is 7.11 Å². The van der Waals surface area contributed by atoms with Gasteiger partial charge in [-0.15, -0.1) is 0 Å². The number of rotatable bonds is 5. The summed E-state index contributed by atoms with van der Waals surface area (Å²) in [4.78, 5) is 4.49. The highest BCUT2D eigenvalue weighted by Gasteiger charge is 2.10. The number of hydrogen-bond acceptors (Lipinski definition) is 4. The number of para-hydroxylation sites is 1. The molecule has 0 bridgehead atoms. The lowest BCUT2D eigenvalue weighted by molar-refractivity contribution is 0.410. The maximum absolute atomic E-state index is 5.51. The lowest BCUT2D eigenvalue weighted by atomic mass is 10.1. The van der Waals surface area contributed by atoms with Crippen LogP contribution in [0.1, 0.15) is 17.2 Å². The molecule has 0 fully saturated rings. The van der Waals surface area contributed by atoms with Gasteiger partial charge in [-0.3, -0.25) is 4.68 Å². The maximum atomic E-state index is 5.51. The average Bonchev–Trinajstić information content (AvgIpc) is 2.71. The Morgan fingerprint density at radius 2 is 2.11 bits per heavy atom. The molecule has 96 valence electrons. The van der Waals surface area contributed by atoms with E-state index in [1.165, 1.54) is 0 Å². The van der Waals surface area contributed by atoms with E-state index in [4.69, 9.17) is 10.5 Å². The van der Waals surface area contributed by atoms with Crippen molar-refractivity contribution >= 4 is 0 Å². The summed E-state index contributed by atoms with van der Waals surface area (Å²) in [5.41, 5.74) is 6.62. The Labute approximate surface area is 107 Å². The molecule has 0 aliphatic rings. The molecule has 0 radical (unpaired) electrons. The SMILES string of the molecule is COc1ccccc1Cc1nc(CCN)nn1C. The van der Waals surface area contributed by atoms with Crippen LogP contribution in [0.4, 0.5) is 0 Å². The second-order valence-corrected chi connectivity index (χ2v) is 4.10. The predicted molar refractivity (Wildman–Crippen MR) is 69.6 cm³/mol. The van der Waals surface area contributed by atoms with E-state index in [-0.39, 0.29) is 0 Å². The van der Waals surface area contributed by atoms with Crippen molar-refractivity contribution in [3.05, 3.63) is 41.5 Å². The summed E-state index contributed by atoms with van der Waals surface area (Å²) < 4.78 is 7.14. The molecule has 0 aliphatic carbocycles. The molecule has 2 aromatic rings. The van der Waals surface area contributed by atoms with Gasteiger partial charge in [0.1, 0.15) is 11.6 Å². The Balaban J connectivity index is 2.22. The number of aryl methyl sites for hydroxylation is 1. The van der Waals surface area contributed by atoms with Crippen LogP contribution in [-0.4, -0.2) is 28.4 Å². The van der Waals surface area contributed by atoms with Gasteiger partial charge in [0.15, 0.2) is 5.82 Å². The van der Waals surface area contributed by atoms with Gasteiger partial charge in [-0.2, -0.15) is 5.10 Å². The van der Waals surface area contributed by atoms with Crippen LogP contribution in [0.2, 0.25) is 0 Å². The Morgan fingerprint density at radius 3 is 2.83 bits per heavy atom. The fourth-order valence-electron chi connectivity index (χ4n) is 1.88. The molecule has 0 saturated heterocycles. The fourth-order valence-corrected chi connectivity index (χ4v) is 1.88. The van der Waals surface area contributed by atoms with Crippen LogP contribution in [0.25, 0.3) is 0 Å². The Bertz CT molecular complexity index is 521. The van der Waals surface area contributed by atoms with Gasteiger partial charge < -0.3 is 10.5 Å². The lowest BCUT2D eigenvalue weighted by Gasteiger charge is -2.07. The minimum Gasteiger partial charge on any atom is -0.496 e. The summed E-state index contributed by atoms with van der Waals surface area (Å²) in [5.74, 6) is 2.59. The second kappa shape index (κ2) is 5.64. The van der Waals surface area contributed by atoms with Crippen LogP contribution >= 0.6 is 0 Å². The van der Waals surface area contributed by atoms with Crippen LogP contribution in [0.3, 0.4) is 0 Å². The summed E-state index contributed by atoms with van der Waals surface area (Å²) in [6, 6.07) is 7.94. The highest BCUT2D eigenvalue weighted by molar-refractivity contribution is 5.35. The molecule has 2 rings (SSSR count). The highest BCUT2D eigenvalue weighted by atomic mass is 16.5. The molecule has 0 unspecified atom stereocenters. The molecule has 2 N–H and O–H groups in total. The normalized spacial score (nSPS) is 10.6. The predicted octanol–water partition coefficient (Wildman–Crippen LogP) is 0.916. The maximum Gasteiger partial charge on any atom is 0.152 e. The smallest absolute Gasteiger partial charge is 0.152 e. The first-order valence-electron chi connectivity index (χ1n) is 5.95. The molecule has 5 heteroatoms. The molecule has 0 amide bonds. The van der Waals surface area contributed by atoms with Gasteiger partial charge in [-0.05, 0) is 12.6 Å². The van der Waals surface area contributed by atoms with Crippen molar-refractivity contribution in [2.75, 3.05) is 13.7 Å².